The summed E-state index contributed by atoms with van der Waals surface area (Å²) >= 11 is 7.29. The number of benzene rings is 2. The lowest BCUT2D eigenvalue weighted by Crippen LogP contribution is -2.15. The molecule has 1 aliphatic carbocycles. The van der Waals surface area contributed by atoms with Gasteiger partial charge in [0.05, 0.1) is 10.9 Å². The van der Waals surface area contributed by atoms with Crippen molar-refractivity contribution in [2.45, 2.75) is 36.6 Å². The zero-order valence-corrected chi connectivity index (χ0v) is 15.8. The Morgan fingerprint density at radius 2 is 1.92 bits per heavy atom. The van der Waals surface area contributed by atoms with Crippen LogP contribution in [0, 0.1) is 0 Å². The maximum absolute atomic E-state index is 12.8. The second-order valence-electron chi connectivity index (χ2n) is 6.31. The second-order valence-corrected chi connectivity index (χ2v) is 8.06. The van der Waals surface area contributed by atoms with E-state index in [0.717, 1.165) is 24.1 Å². The van der Waals surface area contributed by atoms with Crippen molar-refractivity contribution in [1.29, 1.82) is 0 Å². The standard InChI is InChI=1S/C19H17ClN4OS/c1-12(18(25)15-6-5-13-3-2-4-14(13)11-15)26-19-21-22-23-24(19)17-9-7-16(20)8-10-17/h5-12H,2-4H2,1H3/t12-/m0/s1. The minimum atomic E-state index is -0.286. The van der Waals surface area contributed by atoms with Crippen molar-refractivity contribution in [3.63, 3.8) is 0 Å². The highest BCUT2D eigenvalue weighted by Crippen LogP contribution is 2.28. The molecule has 0 bridgehead atoms. The highest BCUT2D eigenvalue weighted by molar-refractivity contribution is 8.00. The third kappa shape index (κ3) is 3.39. The molecule has 4 rings (SSSR count). The molecular weight excluding hydrogens is 368 g/mol. The summed E-state index contributed by atoms with van der Waals surface area (Å²) in [5, 5.41) is 12.8. The van der Waals surface area contributed by atoms with Crippen LogP contribution in [0.4, 0.5) is 0 Å². The number of hydrogen-bond acceptors (Lipinski definition) is 5. The van der Waals surface area contributed by atoms with Gasteiger partial charge in [0, 0.05) is 10.6 Å². The Kier molecular flexibility index (Phi) is 4.78. The molecule has 1 aliphatic rings. The van der Waals surface area contributed by atoms with E-state index in [1.807, 2.05) is 31.2 Å². The molecule has 0 radical (unpaired) electrons. The number of ketones is 1. The summed E-state index contributed by atoms with van der Waals surface area (Å²) in [5.74, 6) is 0.0929. The van der Waals surface area contributed by atoms with Gasteiger partial charge in [-0.2, -0.15) is 4.68 Å². The summed E-state index contributed by atoms with van der Waals surface area (Å²) in [5.41, 5.74) is 4.24. The monoisotopic (exact) mass is 384 g/mol. The number of carbonyl (C=O) groups excluding carboxylic acids is 1. The van der Waals surface area contributed by atoms with E-state index in [1.54, 1.807) is 16.8 Å². The van der Waals surface area contributed by atoms with Crippen molar-refractivity contribution in [2.75, 3.05) is 0 Å². The van der Waals surface area contributed by atoms with Crippen LogP contribution in [0.3, 0.4) is 0 Å². The van der Waals surface area contributed by atoms with E-state index >= 15 is 0 Å². The van der Waals surface area contributed by atoms with Crippen LogP contribution in [-0.2, 0) is 12.8 Å². The predicted molar refractivity (Wildman–Crippen MR) is 102 cm³/mol. The summed E-state index contributed by atoms with van der Waals surface area (Å²) in [6.07, 6.45) is 3.35. The van der Waals surface area contributed by atoms with E-state index in [4.69, 9.17) is 11.6 Å². The van der Waals surface area contributed by atoms with Gasteiger partial charge in [-0.15, -0.1) is 5.10 Å². The van der Waals surface area contributed by atoms with E-state index in [9.17, 15) is 4.79 Å². The van der Waals surface area contributed by atoms with Gasteiger partial charge < -0.3 is 0 Å². The third-order valence-electron chi connectivity index (χ3n) is 4.55. The average molecular weight is 385 g/mol. The fourth-order valence-electron chi connectivity index (χ4n) is 3.17. The fourth-order valence-corrected chi connectivity index (χ4v) is 4.18. The molecule has 0 spiro atoms. The lowest BCUT2D eigenvalue weighted by Gasteiger charge is -2.11. The Hall–Kier alpha value is -2.18. The lowest BCUT2D eigenvalue weighted by atomic mass is 10.0. The predicted octanol–water partition coefficient (Wildman–Crippen LogP) is 4.17. The number of aromatic nitrogens is 4. The van der Waals surface area contributed by atoms with Crippen LogP contribution in [0.2, 0.25) is 5.02 Å². The molecule has 0 saturated heterocycles. The highest BCUT2D eigenvalue weighted by Gasteiger charge is 2.22. The number of tetrazole rings is 1. The summed E-state index contributed by atoms with van der Waals surface area (Å²) in [6.45, 7) is 1.89. The van der Waals surface area contributed by atoms with Gasteiger partial charge in [0.25, 0.3) is 0 Å². The Labute approximate surface area is 160 Å². The lowest BCUT2D eigenvalue weighted by molar-refractivity contribution is 0.0993. The molecule has 26 heavy (non-hydrogen) atoms. The maximum Gasteiger partial charge on any atom is 0.214 e. The fraction of sp³-hybridized carbons (Fsp3) is 0.263. The number of nitrogens with zero attached hydrogens (tertiary/aromatic N) is 4. The molecule has 132 valence electrons. The van der Waals surface area contributed by atoms with E-state index < -0.39 is 0 Å². The largest absolute Gasteiger partial charge is 0.293 e. The first-order valence-corrected chi connectivity index (χ1v) is 9.74. The zero-order chi connectivity index (χ0) is 18.1. The summed E-state index contributed by atoms with van der Waals surface area (Å²) in [7, 11) is 0. The zero-order valence-electron chi connectivity index (χ0n) is 14.2. The first kappa shape index (κ1) is 17.2. The van der Waals surface area contributed by atoms with Crippen LogP contribution in [0.1, 0.15) is 34.8 Å². The molecule has 0 N–H and O–H groups in total. The summed E-state index contributed by atoms with van der Waals surface area (Å²) in [4.78, 5) is 12.8. The number of fused-ring (bicyclic) bond motifs is 1. The van der Waals surface area contributed by atoms with Crippen molar-refractivity contribution >= 4 is 29.1 Å². The second kappa shape index (κ2) is 7.21. The van der Waals surface area contributed by atoms with E-state index in [-0.39, 0.29) is 11.0 Å². The molecule has 0 unspecified atom stereocenters. The van der Waals surface area contributed by atoms with Gasteiger partial charge in [-0.3, -0.25) is 4.79 Å². The van der Waals surface area contributed by atoms with Crippen molar-refractivity contribution < 1.29 is 4.79 Å². The number of Topliss-reactive ketones (excluding diaryl/α,β-unsaturated/α-hetero) is 1. The Bertz CT molecular complexity index is 954. The molecular formula is C19H17ClN4OS. The van der Waals surface area contributed by atoms with Gasteiger partial charge in [0.2, 0.25) is 5.16 Å². The van der Waals surface area contributed by atoms with Crippen LogP contribution in [0.5, 0.6) is 0 Å². The molecule has 1 heterocycles. The molecule has 3 aromatic rings. The summed E-state index contributed by atoms with van der Waals surface area (Å²) in [6, 6.07) is 13.3. The van der Waals surface area contributed by atoms with Crippen LogP contribution in [0.25, 0.3) is 5.69 Å². The molecule has 2 aromatic carbocycles. The quantitative estimate of drug-likeness (QED) is 0.488. The van der Waals surface area contributed by atoms with Crippen molar-refractivity contribution in [3.05, 3.63) is 64.2 Å². The van der Waals surface area contributed by atoms with Gasteiger partial charge in [0.1, 0.15) is 0 Å². The smallest absolute Gasteiger partial charge is 0.214 e. The van der Waals surface area contributed by atoms with E-state index in [2.05, 4.69) is 21.6 Å². The molecule has 0 saturated carbocycles. The minimum Gasteiger partial charge on any atom is -0.293 e. The van der Waals surface area contributed by atoms with E-state index in [1.165, 1.54) is 29.3 Å². The van der Waals surface area contributed by atoms with Gasteiger partial charge in [0.15, 0.2) is 5.78 Å². The molecule has 0 amide bonds. The molecule has 0 aliphatic heterocycles. The first-order chi connectivity index (χ1) is 12.6. The number of carbonyl (C=O) groups is 1. The van der Waals surface area contributed by atoms with Crippen molar-refractivity contribution in [1.82, 2.24) is 20.2 Å². The number of hydrogen-bond donors (Lipinski definition) is 0. The average Bonchev–Trinajstić information content (AvgIpc) is 3.30. The molecule has 7 heteroatoms. The number of halogens is 1. The number of rotatable bonds is 5. The van der Waals surface area contributed by atoms with Crippen LogP contribution in [0.15, 0.2) is 47.6 Å². The molecule has 1 aromatic heterocycles. The normalized spacial score (nSPS) is 14.2. The van der Waals surface area contributed by atoms with Gasteiger partial charge >= 0.3 is 0 Å². The minimum absolute atomic E-state index is 0.0929. The van der Waals surface area contributed by atoms with E-state index in [0.29, 0.717) is 10.2 Å². The maximum atomic E-state index is 12.8. The van der Waals surface area contributed by atoms with Crippen molar-refractivity contribution in [3.8, 4) is 5.69 Å². The SMILES string of the molecule is C[C@H](Sc1nnnn1-c1ccc(Cl)cc1)C(=O)c1ccc2c(c1)CCC2. The van der Waals surface area contributed by atoms with Crippen LogP contribution in [-0.4, -0.2) is 31.2 Å². The molecule has 5 nitrogen and oxygen atoms in total. The van der Waals surface area contributed by atoms with Crippen molar-refractivity contribution in [2.24, 2.45) is 0 Å². The van der Waals surface area contributed by atoms with Gasteiger partial charge in [-0.25, -0.2) is 0 Å². The van der Waals surface area contributed by atoms with Crippen LogP contribution < -0.4 is 0 Å². The van der Waals surface area contributed by atoms with Crippen LogP contribution >= 0.6 is 23.4 Å². The molecule has 0 fully saturated rings. The number of aryl methyl sites for hydroxylation is 2. The third-order valence-corrected chi connectivity index (χ3v) is 5.83. The molecule has 1 atom stereocenters. The first-order valence-electron chi connectivity index (χ1n) is 8.49. The summed E-state index contributed by atoms with van der Waals surface area (Å²) < 4.78 is 1.62. The van der Waals surface area contributed by atoms with Gasteiger partial charge in [-0.1, -0.05) is 35.5 Å². The van der Waals surface area contributed by atoms with Gasteiger partial charge in [-0.05, 0) is 78.1 Å². The highest BCUT2D eigenvalue weighted by atomic mass is 35.5. The Balaban J connectivity index is 1.53. The topological polar surface area (TPSA) is 60.7 Å². The Morgan fingerprint density at radius 3 is 2.73 bits per heavy atom. The Morgan fingerprint density at radius 1 is 1.15 bits per heavy atom. The number of thioether (sulfide) groups is 1.